The van der Waals surface area contributed by atoms with Crippen LogP contribution < -0.4 is 10.5 Å². The van der Waals surface area contributed by atoms with Gasteiger partial charge in [-0.05, 0) is 23.8 Å². The van der Waals surface area contributed by atoms with Gasteiger partial charge in [0.05, 0.1) is 12.2 Å². The average Bonchev–Trinajstić information content (AvgIpc) is 2.40. The molecule has 0 aliphatic carbocycles. The highest BCUT2D eigenvalue weighted by Gasteiger charge is 2.05. The molecule has 0 amide bonds. The molecule has 4 nitrogen and oxygen atoms in total. The van der Waals surface area contributed by atoms with E-state index < -0.39 is 0 Å². The summed E-state index contributed by atoms with van der Waals surface area (Å²) in [6, 6.07) is 11.2. The standard InChI is InChI=1S/C14H15N3O/c15-14(16)12-5-1-2-6-13(12)18-9-7-11-4-3-8-17-10-11/h1-6,8,10H,7,9H2,(H3,15,16). The SMILES string of the molecule is N=C(N)c1ccccc1OCCc1cccnc1. The van der Waals surface area contributed by atoms with Crippen LogP contribution in [-0.4, -0.2) is 17.4 Å². The minimum absolute atomic E-state index is 0.0203. The van der Waals surface area contributed by atoms with Gasteiger partial charge in [0.1, 0.15) is 11.6 Å². The van der Waals surface area contributed by atoms with Crippen molar-refractivity contribution in [1.29, 1.82) is 5.41 Å². The van der Waals surface area contributed by atoms with Crippen molar-refractivity contribution in [2.45, 2.75) is 6.42 Å². The third kappa shape index (κ3) is 3.07. The highest BCUT2D eigenvalue weighted by Crippen LogP contribution is 2.17. The Balaban J connectivity index is 1.97. The van der Waals surface area contributed by atoms with Crippen molar-refractivity contribution < 1.29 is 4.74 Å². The highest BCUT2D eigenvalue weighted by molar-refractivity contribution is 5.97. The van der Waals surface area contributed by atoms with Gasteiger partial charge < -0.3 is 10.5 Å². The molecule has 0 aliphatic rings. The minimum atomic E-state index is 0.0203. The average molecular weight is 241 g/mol. The summed E-state index contributed by atoms with van der Waals surface area (Å²) in [5.41, 5.74) is 7.24. The molecule has 0 saturated carbocycles. The van der Waals surface area contributed by atoms with E-state index in [1.807, 2.05) is 36.5 Å². The number of nitrogens with zero attached hydrogens (tertiary/aromatic N) is 1. The zero-order chi connectivity index (χ0) is 12.8. The summed E-state index contributed by atoms with van der Waals surface area (Å²) < 4.78 is 5.65. The zero-order valence-corrected chi connectivity index (χ0v) is 9.97. The monoisotopic (exact) mass is 241 g/mol. The second kappa shape index (κ2) is 5.82. The summed E-state index contributed by atoms with van der Waals surface area (Å²) in [6.45, 7) is 0.538. The normalized spacial score (nSPS) is 10.0. The topological polar surface area (TPSA) is 72.0 Å². The lowest BCUT2D eigenvalue weighted by Gasteiger charge is -2.10. The van der Waals surface area contributed by atoms with E-state index in [9.17, 15) is 0 Å². The molecular formula is C14H15N3O. The van der Waals surface area contributed by atoms with E-state index in [0.717, 1.165) is 12.0 Å². The van der Waals surface area contributed by atoms with Crippen molar-refractivity contribution in [3.8, 4) is 5.75 Å². The second-order valence-corrected chi connectivity index (χ2v) is 3.87. The van der Waals surface area contributed by atoms with E-state index in [1.54, 1.807) is 12.3 Å². The predicted octanol–water partition coefficient (Wildman–Crippen LogP) is 1.99. The molecule has 1 aromatic heterocycles. The number of nitrogen functional groups attached to an aromatic ring is 1. The molecule has 1 aromatic carbocycles. The fourth-order valence-electron chi connectivity index (χ4n) is 1.64. The van der Waals surface area contributed by atoms with Crippen molar-refractivity contribution in [2.24, 2.45) is 5.73 Å². The maximum absolute atomic E-state index is 7.46. The molecule has 0 aliphatic heterocycles. The molecule has 92 valence electrons. The number of para-hydroxylation sites is 1. The van der Waals surface area contributed by atoms with E-state index in [0.29, 0.717) is 17.9 Å². The van der Waals surface area contributed by atoms with Crippen molar-refractivity contribution in [3.05, 3.63) is 59.9 Å². The smallest absolute Gasteiger partial charge is 0.130 e. The quantitative estimate of drug-likeness (QED) is 0.621. The van der Waals surface area contributed by atoms with E-state index in [2.05, 4.69) is 4.98 Å². The van der Waals surface area contributed by atoms with Crippen LogP contribution in [0.2, 0.25) is 0 Å². The van der Waals surface area contributed by atoms with Gasteiger partial charge in [-0.15, -0.1) is 0 Å². The highest BCUT2D eigenvalue weighted by atomic mass is 16.5. The van der Waals surface area contributed by atoms with Crippen LogP contribution in [0.1, 0.15) is 11.1 Å². The maximum atomic E-state index is 7.46. The Morgan fingerprint density at radius 1 is 1.22 bits per heavy atom. The van der Waals surface area contributed by atoms with E-state index in [4.69, 9.17) is 15.9 Å². The fraction of sp³-hybridized carbons (Fsp3) is 0.143. The molecule has 0 spiro atoms. The first-order valence-corrected chi connectivity index (χ1v) is 5.72. The summed E-state index contributed by atoms with van der Waals surface area (Å²) in [6.07, 6.45) is 4.34. The largest absolute Gasteiger partial charge is 0.492 e. The molecule has 18 heavy (non-hydrogen) atoms. The van der Waals surface area contributed by atoms with Crippen molar-refractivity contribution in [2.75, 3.05) is 6.61 Å². The number of hydrogen-bond acceptors (Lipinski definition) is 3. The number of pyridine rings is 1. The number of amidine groups is 1. The Bertz CT molecular complexity index is 526. The third-order valence-electron chi connectivity index (χ3n) is 2.55. The number of aromatic nitrogens is 1. The molecule has 0 unspecified atom stereocenters. The van der Waals surface area contributed by atoms with Crippen LogP contribution in [0, 0.1) is 5.41 Å². The summed E-state index contributed by atoms with van der Waals surface area (Å²) in [5.74, 6) is 0.667. The van der Waals surface area contributed by atoms with Crippen molar-refractivity contribution in [1.82, 2.24) is 4.98 Å². The first-order valence-electron chi connectivity index (χ1n) is 5.72. The Morgan fingerprint density at radius 3 is 2.78 bits per heavy atom. The molecular weight excluding hydrogens is 226 g/mol. The van der Waals surface area contributed by atoms with Gasteiger partial charge in [0.2, 0.25) is 0 Å². The lowest BCUT2D eigenvalue weighted by Crippen LogP contribution is -2.13. The molecule has 2 rings (SSSR count). The predicted molar refractivity (Wildman–Crippen MR) is 70.9 cm³/mol. The number of nitrogens with two attached hydrogens (primary N) is 1. The number of benzene rings is 1. The van der Waals surface area contributed by atoms with Crippen LogP contribution in [0.5, 0.6) is 5.75 Å². The molecule has 3 N–H and O–H groups in total. The van der Waals surface area contributed by atoms with Gasteiger partial charge in [0.15, 0.2) is 0 Å². The summed E-state index contributed by atoms with van der Waals surface area (Å²) in [4.78, 5) is 4.05. The lowest BCUT2D eigenvalue weighted by atomic mass is 10.2. The van der Waals surface area contributed by atoms with Crippen LogP contribution in [0.3, 0.4) is 0 Å². The van der Waals surface area contributed by atoms with Gasteiger partial charge in [-0.3, -0.25) is 10.4 Å². The second-order valence-electron chi connectivity index (χ2n) is 3.87. The molecule has 2 aromatic rings. The molecule has 0 bridgehead atoms. The van der Waals surface area contributed by atoms with Crippen molar-refractivity contribution in [3.63, 3.8) is 0 Å². The molecule has 0 atom stereocenters. The molecule has 0 fully saturated rings. The Kier molecular flexibility index (Phi) is 3.91. The van der Waals surface area contributed by atoms with Crippen LogP contribution >= 0.6 is 0 Å². The van der Waals surface area contributed by atoms with Gasteiger partial charge in [-0.25, -0.2) is 0 Å². The van der Waals surface area contributed by atoms with Gasteiger partial charge in [0, 0.05) is 18.8 Å². The van der Waals surface area contributed by atoms with Gasteiger partial charge in [0.25, 0.3) is 0 Å². The summed E-state index contributed by atoms with van der Waals surface area (Å²) in [7, 11) is 0. The van der Waals surface area contributed by atoms with E-state index >= 15 is 0 Å². The fourth-order valence-corrected chi connectivity index (χ4v) is 1.64. The first-order chi connectivity index (χ1) is 8.77. The molecule has 4 heteroatoms. The Labute approximate surface area is 106 Å². The lowest BCUT2D eigenvalue weighted by molar-refractivity contribution is 0.321. The zero-order valence-electron chi connectivity index (χ0n) is 9.97. The first kappa shape index (κ1) is 12.1. The molecule has 0 saturated heterocycles. The number of ether oxygens (including phenoxy) is 1. The van der Waals surface area contributed by atoms with Crippen LogP contribution in [-0.2, 0) is 6.42 Å². The van der Waals surface area contributed by atoms with Crippen LogP contribution in [0.25, 0.3) is 0 Å². The van der Waals surface area contributed by atoms with Gasteiger partial charge in [-0.2, -0.15) is 0 Å². The third-order valence-corrected chi connectivity index (χ3v) is 2.55. The number of hydrogen-bond donors (Lipinski definition) is 2. The van der Waals surface area contributed by atoms with Crippen molar-refractivity contribution >= 4 is 5.84 Å². The van der Waals surface area contributed by atoms with E-state index in [1.165, 1.54) is 0 Å². The minimum Gasteiger partial charge on any atom is -0.492 e. The van der Waals surface area contributed by atoms with Crippen LogP contribution in [0.15, 0.2) is 48.8 Å². The number of rotatable bonds is 5. The van der Waals surface area contributed by atoms with Crippen LogP contribution in [0.4, 0.5) is 0 Å². The Morgan fingerprint density at radius 2 is 2.06 bits per heavy atom. The van der Waals surface area contributed by atoms with E-state index in [-0.39, 0.29) is 5.84 Å². The summed E-state index contributed by atoms with van der Waals surface area (Å²) in [5, 5.41) is 7.46. The molecule has 0 radical (unpaired) electrons. The number of nitrogens with one attached hydrogen (secondary N) is 1. The van der Waals surface area contributed by atoms with Gasteiger partial charge >= 0.3 is 0 Å². The maximum Gasteiger partial charge on any atom is 0.130 e. The van der Waals surface area contributed by atoms with Gasteiger partial charge in [-0.1, -0.05) is 18.2 Å². The molecule has 1 heterocycles. The Hall–Kier alpha value is -2.36. The summed E-state index contributed by atoms with van der Waals surface area (Å²) >= 11 is 0.